The fourth-order valence-corrected chi connectivity index (χ4v) is 5.93. The smallest absolute Gasteiger partial charge is 0.338 e. The molecule has 1 aliphatic heterocycles. The minimum Gasteiger partial charge on any atom is -0.493 e. The summed E-state index contributed by atoms with van der Waals surface area (Å²) in [6.45, 7) is 4.89. The predicted octanol–water partition coefficient (Wildman–Crippen LogP) is 3.51. The average molecular weight is 632 g/mol. The van der Waals surface area contributed by atoms with Crippen LogP contribution in [0.4, 0.5) is 0 Å². The van der Waals surface area contributed by atoms with Gasteiger partial charge in [0.15, 0.2) is 27.8 Å². The van der Waals surface area contributed by atoms with Crippen LogP contribution in [0.15, 0.2) is 55.9 Å². The van der Waals surface area contributed by atoms with Crippen LogP contribution in [0.25, 0.3) is 6.08 Å². The van der Waals surface area contributed by atoms with E-state index in [4.69, 9.17) is 23.7 Å². The number of benzene rings is 2. The maximum Gasteiger partial charge on any atom is 0.338 e. The first kappa shape index (κ1) is 29.1. The Balaban J connectivity index is 1.94. The molecule has 3 aromatic rings. The molecule has 0 unspecified atom stereocenters. The van der Waals surface area contributed by atoms with Gasteiger partial charge in [0.2, 0.25) is 0 Å². The minimum absolute atomic E-state index is 0.165. The molecule has 4 rings (SSSR count). The molecule has 2 aromatic carbocycles. The number of allylic oxidation sites excluding steroid dienone is 1. The van der Waals surface area contributed by atoms with Crippen LogP contribution >= 0.6 is 27.3 Å². The number of hydrogen-bond acceptors (Lipinski definition) is 10. The number of esters is 2. The van der Waals surface area contributed by atoms with Crippen molar-refractivity contribution in [1.82, 2.24) is 4.57 Å². The molecule has 210 valence electrons. The van der Waals surface area contributed by atoms with Crippen molar-refractivity contribution in [2.75, 3.05) is 27.9 Å². The zero-order chi connectivity index (χ0) is 29.1. The van der Waals surface area contributed by atoms with Gasteiger partial charge in [-0.05, 0) is 71.2 Å². The van der Waals surface area contributed by atoms with E-state index in [1.165, 1.54) is 44.2 Å². The maximum absolute atomic E-state index is 13.9. The van der Waals surface area contributed by atoms with Crippen LogP contribution < -0.4 is 33.8 Å². The summed E-state index contributed by atoms with van der Waals surface area (Å²) >= 11 is 4.59. The summed E-state index contributed by atoms with van der Waals surface area (Å²) in [5.41, 5.74) is 1.59. The van der Waals surface area contributed by atoms with Gasteiger partial charge in [-0.15, -0.1) is 0 Å². The summed E-state index contributed by atoms with van der Waals surface area (Å²) in [4.78, 5) is 43.6. The number of hydrogen-bond donors (Lipinski definition) is 0. The van der Waals surface area contributed by atoms with E-state index >= 15 is 0 Å². The maximum atomic E-state index is 13.9. The van der Waals surface area contributed by atoms with Gasteiger partial charge in [0.05, 0.1) is 54.3 Å². The number of carbonyl (C=O) groups is 2. The van der Waals surface area contributed by atoms with Gasteiger partial charge in [0.25, 0.3) is 5.56 Å². The Morgan fingerprint density at radius 1 is 1.07 bits per heavy atom. The third-order valence-electron chi connectivity index (χ3n) is 6.04. The highest BCUT2D eigenvalue weighted by Gasteiger charge is 2.34. The van der Waals surface area contributed by atoms with Gasteiger partial charge in [-0.25, -0.2) is 9.79 Å². The van der Waals surface area contributed by atoms with Crippen molar-refractivity contribution in [2.24, 2.45) is 4.99 Å². The Kier molecular flexibility index (Phi) is 8.79. The average Bonchev–Trinajstić information content (AvgIpc) is 3.22. The van der Waals surface area contributed by atoms with Gasteiger partial charge >= 0.3 is 11.9 Å². The van der Waals surface area contributed by atoms with Crippen LogP contribution in [0.3, 0.4) is 0 Å². The minimum atomic E-state index is -0.815. The first-order valence-electron chi connectivity index (χ1n) is 12.1. The van der Waals surface area contributed by atoms with E-state index in [1.54, 1.807) is 50.3 Å². The summed E-state index contributed by atoms with van der Waals surface area (Å²) in [5, 5.41) is 0. The topological polar surface area (TPSA) is 115 Å². The Morgan fingerprint density at radius 3 is 2.40 bits per heavy atom. The fraction of sp³-hybridized carbons (Fsp3) is 0.286. The van der Waals surface area contributed by atoms with E-state index in [0.29, 0.717) is 47.9 Å². The molecule has 0 amide bonds. The van der Waals surface area contributed by atoms with Crippen LogP contribution in [0.2, 0.25) is 0 Å². The van der Waals surface area contributed by atoms with E-state index in [1.807, 2.05) is 0 Å². The standard InChI is InChI=1S/C28H27BrN2O8S/c1-7-38-27(34)23-14(2)30-28-31(24(23)17-8-9-19(35-4)20(13-17)36-5)26(33)22(40-28)12-16-10-18(29)25(39-15(3)32)21(11-16)37-6/h8-13,24H,7H2,1-6H3/b22-12-/t24-/m1/s1. The van der Waals surface area contributed by atoms with Crippen molar-refractivity contribution in [3.05, 3.63) is 76.9 Å². The Labute approximate surface area is 242 Å². The molecule has 0 radical (unpaired) electrons. The second kappa shape index (κ2) is 12.1. The molecule has 1 aliphatic rings. The second-order valence-corrected chi connectivity index (χ2v) is 10.4. The summed E-state index contributed by atoms with van der Waals surface area (Å²) < 4.78 is 29.2. The highest BCUT2D eigenvalue weighted by Crippen LogP contribution is 2.38. The van der Waals surface area contributed by atoms with E-state index in [0.717, 1.165) is 0 Å². The summed E-state index contributed by atoms with van der Waals surface area (Å²) in [6.07, 6.45) is 1.68. The van der Waals surface area contributed by atoms with Gasteiger partial charge in [0.1, 0.15) is 0 Å². The van der Waals surface area contributed by atoms with Crippen molar-refractivity contribution >= 4 is 45.3 Å². The number of fused-ring (bicyclic) bond motifs is 1. The summed E-state index contributed by atoms with van der Waals surface area (Å²) in [7, 11) is 4.50. The number of ether oxygens (including phenoxy) is 5. The van der Waals surface area contributed by atoms with Crippen LogP contribution in [-0.2, 0) is 14.3 Å². The molecule has 0 fully saturated rings. The highest BCUT2D eigenvalue weighted by atomic mass is 79.9. The molecule has 40 heavy (non-hydrogen) atoms. The number of thiazole rings is 1. The molecular weight excluding hydrogens is 604 g/mol. The summed E-state index contributed by atoms with van der Waals surface area (Å²) in [5.74, 6) is 0.443. The largest absolute Gasteiger partial charge is 0.493 e. The predicted molar refractivity (Wildman–Crippen MR) is 152 cm³/mol. The van der Waals surface area contributed by atoms with Crippen LogP contribution in [0.1, 0.15) is 37.9 Å². The molecule has 0 spiro atoms. The first-order valence-corrected chi connectivity index (χ1v) is 13.7. The number of halogens is 1. The molecule has 0 bridgehead atoms. The highest BCUT2D eigenvalue weighted by molar-refractivity contribution is 9.10. The third kappa shape index (κ3) is 5.54. The molecule has 10 nitrogen and oxygen atoms in total. The zero-order valence-electron chi connectivity index (χ0n) is 22.7. The zero-order valence-corrected chi connectivity index (χ0v) is 25.1. The molecular formula is C28H27BrN2O8S. The lowest BCUT2D eigenvalue weighted by atomic mass is 9.95. The Hall–Kier alpha value is -3.90. The number of methoxy groups -OCH3 is 3. The Morgan fingerprint density at radius 2 is 1.77 bits per heavy atom. The van der Waals surface area contributed by atoms with Crippen molar-refractivity contribution in [3.8, 4) is 23.0 Å². The SMILES string of the molecule is CCOC(=O)C1=C(C)N=c2s/c(=C\c3cc(Br)c(OC(C)=O)c(OC)c3)c(=O)n2[C@@H]1c1ccc(OC)c(OC)c1. The lowest BCUT2D eigenvalue weighted by molar-refractivity contribution is -0.139. The van der Waals surface area contributed by atoms with Crippen molar-refractivity contribution in [3.63, 3.8) is 0 Å². The lowest BCUT2D eigenvalue weighted by Gasteiger charge is -2.25. The monoisotopic (exact) mass is 630 g/mol. The van der Waals surface area contributed by atoms with Crippen LogP contribution in [0.5, 0.6) is 23.0 Å². The lowest BCUT2D eigenvalue weighted by Crippen LogP contribution is -2.40. The number of rotatable bonds is 8. The molecule has 2 heterocycles. The third-order valence-corrected chi connectivity index (χ3v) is 7.61. The second-order valence-electron chi connectivity index (χ2n) is 8.54. The normalized spacial score (nSPS) is 14.8. The van der Waals surface area contributed by atoms with E-state index < -0.39 is 18.0 Å². The van der Waals surface area contributed by atoms with Crippen molar-refractivity contribution < 1.29 is 33.3 Å². The molecule has 1 aromatic heterocycles. The first-order chi connectivity index (χ1) is 19.1. The van der Waals surface area contributed by atoms with Gasteiger partial charge < -0.3 is 23.7 Å². The van der Waals surface area contributed by atoms with Crippen LogP contribution in [-0.4, -0.2) is 44.4 Å². The Bertz CT molecular complexity index is 1710. The molecule has 1 atom stereocenters. The fourth-order valence-electron chi connectivity index (χ4n) is 4.35. The molecule has 0 N–H and O–H groups in total. The van der Waals surface area contributed by atoms with Gasteiger partial charge in [-0.1, -0.05) is 17.4 Å². The number of aromatic nitrogens is 1. The number of carbonyl (C=O) groups excluding carboxylic acids is 2. The van der Waals surface area contributed by atoms with Gasteiger partial charge in [-0.3, -0.25) is 14.2 Å². The molecule has 0 saturated carbocycles. The van der Waals surface area contributed by atoms with E-state index in [9.17, 15) is 14.4 Å². The molecule has 0 aliphatic carbocycles. The molecule has 12 heteroatoms. The van der Waals surface area contributed by atoms with Crippen molar-refractivity contribution in [2.45, 2.75) is 26.8 Å². The molecule has 0 saturated heterocycles. The number of nitrogens with zero attached hydrogens (tertiary/aromatic N) is 2. The quantitative estimate of drug-likeness (QED) is 0.274. The van der Waals surface area contributed by atoms with Gasteiger partial charge in [0, 0.05) is 6.92 Å². The van der Waals surface area contributed by atoms with Gasteiger partial charge in [-0.2, -0.15) is 0 Å². The van der Waals surface area contributed by atoms with E-state index in [-0.39, 0.29) is 23.5 Å². The van der Waals surface area contributed by atoms with E-state index in [2.05, 4.69) is 20.9 Å². The van der Waals surface area contributed by atoms with Crippen molar-refractivity contribution in [1.29, 1.82) is 0 Å². The summed E-state index contributed by atoms with van der Waals surface area (Å²) in [6, 6.07) is 7.77. The van der Waals surface area contributed by atoms with Crippen LogP contribution in [0, 0.1) is 0 Å².